The summed E-state index contributed by atoms with van der Waals surface area (Å²) in [6, 6.07) is 6.65. The molecule has 0 spiro atoms. The number of phenols is 1. The molecular weight excluding hydrogens is 246 g/mol. The number of aryl methyl sites for hydroxylation is 2. The van der Waals surface area contributed by atoms with Gasteiger partial charge in [-0.2, -0.15) is 0 Å². The zero-order valence-corrected chi connectivity index (χ0v) is 11.6. The molecule has 0 saturated carbocycles. The molecule has 1 atom stereocenters. The van der Waals surface area contributed by atoms with Crippen LogP contribution in [0.1, 0.15) is 28.1 Å². The second-order valence-corrected chi connectivity index (χ2v) is 6.03. The minimum atomic E-state index is -0.968. The second kappa shape index (κ2) is 4.71. The minimum Gasteiger partial charge on any atom is -0.508 e. The van der Waals surface area contributed by atoms with Gasteiger partial charge in [-0.3, -0.25) is 0 Å². The van der Waals surface area contributed by atoms with Crippen LogP contribution in [0.3, 0.4) is 0 Å². The van der Waals surface area contributed by atoms with Crippen molar-refractivity contribution in [1.29, 1.82) is 0 Å². The summed E-state index contributed by atoms with van der Waals surface area (Å²) in [6.07, 6.45) is 0.483. The van der Waals surface area contributed by atoms with Crippen molar-refractivity contribution >= 4 is 11.3 Å². The predicted molar refractivity (Wildman–Crippen MR) is 73.0 cm³/mol. The third-order valence-electron chi connectivity index (χ3n) is 3.06. The first-order chi connectivity index (χ1) is 8.38. The summed E-state index contributed by atoms with van der Waals surface area (Å²) >= 11 is 1.62. The molecule has 2 aromatic rings. The van der Waals surface area contributed by atoms with Gasteiger partial charge in [0, 0.05) is 11.3 Å². The number of nitrogens with zero attached hydrogens (tertiary/aromatic N) is 1. The maximum absolute atomic E-state index is 10.5. The van der Waals surface area contributed by atoms with Crippen LogP contribution >= 0.6 is 11.3 Å². The fraction of sp³-hybridized carbons (Fsp3) is 0.357. The van der Waals surface area contributed by atoms with Gasteiger partial charge in [0.1, 0.15) is 5.75 Å². The number of aromatic nitrogens is 1. The highest BCUT2D eigenvalue weighted by Crippen LogP contribution is 2.29. The Morgan fingerprint density at radius 3 is 2.33 bits per heavy atom. The van der Waals surface area contributed by atoms with Crippen LogP contribution in [0.5, 0.6) is 5.75 Å². The normalized spacial score (nSPS) is 14.4. The summed E-state index contributed by atoms with van der Waals surface area (Å²) in [5.41, 5.74) is 0.840. The van der Waals surface area contributed by atoms with Gasteiger partial charge in [-0.15, -0.1) is 11.3 Å². The number of rotatable bonds is 3. The summed E-state index contributed by atoms with van der Waals surface area (Å²) in [6.45, 7) is 5.78. The Balaban J connectivity index is 2.23. The van der Waals surface area contributed by atoms with Crippen LogP contribution in [0.15, 0.2) is 24.3 Å². The quantitative estimate of drug-likeness (QED) is 0.895. The van der Waals surface area contributed by atoms with Gasteiger partial charge in [-0.05, 0) is 38.5 Å². The smallest absolute Gasteiger partial charge is 0.115 e. The van der Waals surface area contributed by atoms with E-state index < -0.39 is 5.60 Å². The van der Waals surface area contributed by atoms with Gasteiger partial charge >= 0.3 is 0 Å². The predicted octanol–water partition coefficient (Wildman–Crippen LogP) is 2.92. The molecule has 0 bridgehead atoms. The van der Waals surface area contributed by atoms with Crippen molar-refractivity contribution in [2.75, 3.05) is 0 Å². The highest BCUT2D eigenvalue weighted by atomic mass is 32.1. The van der Waals surface area contributed by atoms with Crippen molar-refractivity contribution in [3.8, 4) is 5.75 Å². The van der Waals surface area contributed by atoms with Gasteiger partial charge in [-0.1, -0.05) is 12.1 Å². The Morgan fingerprint density at radius 1 is 1.22 bits per heavy atom. The van der Waals surface area contributed by atoms with Crippen LogP contribution in [-0.2, 0) is 12.0 Å². The van der Waals surface area contributed by atoms with Crippen LogP contribution in [0.4, 0.5) is 0 Å². The monoisotopic (exact) mass is 263 g/mol. The summed E-state index contributed by atoms with van der Waals surface area (Å²) in [5.74, 6) is 0.204. The molecule has 3 nitrogen and oxygen atoms in total. The summed E-state index contributed by atoms with van der Waals surface area (Å²) in [7, 11) is 0. The average molecular weight is 263 g/mol. The molecule has 0 aliphatic heterocycles. The molecule has 18 heavy (non-hydrogen) atoms. The molecule has 1 aromatic carbocycles. The van der Waals surface area contributed by atoms with E-state index in [1.165, 1.54) is 4.88 Å². The second-order valence-electron chi connectivity index (χ2n) is 4.75. The Hall–Kier alpha value is -1.39. The van der Waals surface area contributed by atoms with E-state index in [9.17, 15) is 10.2 Å². The molecule has 0 fully saturated rings. The van der Waals surface area contributed by atoms with Crippen molar-refractivity contribution in [2.24, 2.45) is 0 Å². The lowest BCUT2D eigenvalue weighted by Crippen LogP contribution is -2.24. The maximum Gasteiger partial charge on any atom is 0.115 e. The summed E-state index contributed by atoms with van der Waals surface area (Å²) in [5, 5.41) is 20.7. The fourth-order valence-electron chi connectivity index (χ4n) is 1.83. The van der Waals surface area contributed by atoms with Crippen molar-refractivity contribution in [2.45, 2.75) is 32.8 Å². The van der Waals surface area contributed by atoms with Crippen molar-refractivity contribution < 1.29 is 10.2 Å². The van der Waals surface area contributed by atoms with Crippen molar-refractivity contribution in [1.82, 2.24) is 4.98 Å². The Bertz CT molecular complexity index is 524. The molecule has 1 unspecified atom stereocenters. The van der Waals surface area contributed by atoms with Crippen LogP contribution in [0, 0.1) is 13.8 Å². The zero-order valence-electron chi connectivity index (χ0n) is 10.8. The molecule has 0 aliphatic rings. The van der Waals surface area contributed by atoms with Gasteiger partial charge < -0.3 is 10.2 Å². The highest BCUT2D eigenvalue weighted by Gasteiger charge is 2.25. The van der Waals surface area contributed by atoms with E-state index in [1.807, 2.05) is 13.8 Å². The topological polar surface area (TPSA) is 53.4 Å². The molecule has 0 saturated heterocycles. The molecule has 0 amide bonds. The first-order valence-electron chi connectivity index (χ1n) is 5.83. The molecule has 0 radical (unpaired) electrons. The molecule has 1 aromatic heterocycles. The molecule has 2 N–H and O–H groups in total. The number of hydrogen-bond acceptors (Lipinski definition) is 4. The molecule has 2 rings (SSSR count). The number of hydrogen-bond donors (Lipinski definition) is 2. The van der Waals surface area contributed by atoms with E-state index in [0.717, 1.165) is 16.3 Å². The fourth-order valence-corrected chi connectivity index (χ4v) is 2.91. The molecule has 4 heteroatoms. The van der Waals surface area contributed by atoms with Gasteiger partial charge in [0.05, 0.1) is 16.3 Å². The SMILES string of the molecule is Cc1nc(CC(C)(O)c2ccc(O)cc2)sc1C. The first kappa shape index (κ1) is 13.1. The van der Waals surface area contributed by atoms with E-state index in [-0.39, 0.29) is 5.75 Å². The average Bonchev–Trinajstić information content (AvgIpc) is 2.57. The lowest BCUT2D eigenvalue weighted by atomic mass is 9.93. The minimum absolute atomic E-state index is 0.204. The maximum atomic E-state index is 10.5. The number of aromatic hydroxyl groups is 1. The van der Waals surface area contributed by atoms with Crippen LogP contribution < -0.4 is 0 Å². The largest absolute Gasteiger partial charge is 0.508 e. The van der Waals surface area contributed by atoms with Crippen LogP contribution in [0.25, 0.3) is 0 Å². The molecule has 1 heterocycles. The van der Waals surface area contributed by atoms with Gasteiger partial charge in [0.15, 0.2) is 0 Å². The van der Waals surface area contributed by atoms with Crippen LogP contribution in [-0.4, -0.2) is 15.2 Å². The highest BCUT2D eigenvalue weighted by molar-refractivity contribution is 7.11. The van der Waals surface area contributed by atoms with E-state index in [0.29, 0.717) is 6.42 Å². The van der Waals surface area contributed by atoms with Crippen LogP contribution in [0.2, 0.25) is 0 Å². The number of aliphatic hydroxyl groups is 1. The van der Waals surface area contributed by atoms with Gasteiger partial charge in [0.2, 0.25) is 0 Å². The summed E-state index contributed by atoms with van der Waals surface area (Å²) < 4.78 is 0. The Kier molecular flexibility index (Phi) is 3.41. The summed E-state index contributed by atoms with van der Waals surface area (Å²) in [4.78, 5) is 5.63. The number of phenolic OH excluding ortho intramolecular Hbond substituents is 1. The van der Waals surface area contributed by atoms with Crippen molar-refractivity contribution in [3.63, 3.8) is 0 Å². The first-order valence-corrected chi connectivity index (χ1v) is 6.65. The Morgan fingerprint density at radius 2 is 1.83 bits per heavy atom. The van der Waals surface area contributed by atoms with E-state index in [2.05, 4.69) is 4.98 Å². The van der Waals surface area contributed by atoms with Gasteiger partial charge in [-0.25, -0.2) is 4.98 Å². The van der Waals surface area contributed by atoms with E-state index >= 15 is 0 Å². The third-order valence-corrected chi connectivity index (χ3v) is 4.13. The number of benzene rings is 1. The van der Waals surface area contributed by atoms with E-state index in [1.54, 1.807) is 42.5 Å². The molecule has 96 valence electrons. The zero-order chi connectivity index (χ0) is 13.3. The molecule has 0 aliphatic carbocycles. The van der Waals surface area contributed by atoms with E-state index in [4.69, 9.17) is 0 Å². The standard InChI is InChI=1S/C14H17NO2S/c1-9-10(2)18-13(15-9)8-14(3,17)11-4-6-12(16)7-5-11/h4-7,16-17H,8H2,1-3H3. The Labute approximate surface area is 111 Å². The lowest BCUT2D eigenvalue weighted by molar-refractivity contribution is 0.0575. The van der Waals surface area contributed by atoms with Crippen molar-refractivity contribution in [3.05, 3.63) is 45.4 Å². The third kappa shape index (κ3) is 2.71. The van der Waals surface area contributed by atoms with Gasteiger partial charge in [0.25, 0.3) is 0 Å². The number of thiazole rings is 1. The lowest BCUT2D eigenvalue weighted by Gasteiger charge is -2.22. The molecular formula is C14H17NO2S.